The van der Waals surface area contributed by atoms with Crippen LogP contribution in [0.5, 0.6) is 5.88 Å². The van der Waals surface area contributed by atoms with Gasteiger partial charge >= 0.3 is 5.69 Å². The lowest BCUT2D eigenvalue weighted by Gasteiger charge is -2.05. The monoisotopic (exact) mass is 295 g/mol. The summed E-state index contributed by atoms with van der Waals surface area (Å²) in [7, 11) is 0. The van der Waals surface area contributed by atoms with Crippen LogP contribution in [0.15, 0.2) is 29.1 Å². The Morgan fingerprint density at radius 2 is 1.95 bits per heavy atom. The van der Waals surface area contributed by atoms with Crippen LogP contribution in [0.4, 0.5) is 0 Å². The number of aromatic hydroxyl groups is 1. The van der Waals surface area contributed by atoms with Crippen molar-refractivity contribution in [3.63, 3.8) is 0 Å². The predicted molar refractivity (Wildman–Crippen MR) is 74.9 cm³/mol. The van der Waals surface area contributed by atoms with Gasteiger partial charge in [-0.2, -0.15) is 0 Å². The molecule has 20 heavy (non-hydrogen) atoms. The van der Waals surface area contributed by atoms with Crippen LogP contribution in [-0.4, -0.2) is 27.5 Å². The second-order valence-corrected chi connectivity index (χ2v) is 4.75. The van der Waals surface area contributed by atoms with Crippen molar-refractivity contribution < 1.29 is 9.90 Å². The molecule has 1 heterocycles. The number of imidazole rings is 1. The molecule has 0 fully saturated rings. The first-order chi connectivity index (χ1) is 9.54. The zero-order chi connectivity index (χ0) is 14.5. The van der Waals surface area contributed by atoms with Crippen molar-refractivity contribution in [1.82, 2.24) is 15.3 Å². The zero-order valence-electron chi connectivity index (χ0n) is 10.6. The molecule has 2 aromatic rings. The highest BCUT2D eigenvalue weighted by Gasteiger charge is 2.10. The van der Waals surface area contributed by atoms with Crippen molar-refractivity contribution in [1.29, 1.82) is 0 Å². The van der Waals surface area contributed by atoms with Crippen LogP contribution in [0.2, 0.25) is 5.02 Å². The number of benzene rings is 1. The molecule has 0 saturated heterocycles. The van der Waals surface area contributed by atoms with Crippen molar-refractivity contribution in [3.05, 3.63) is 51.0 Å². The van der Waals surface area contributed by atoms with Gasteiger partial charge in [-0.05, 0) is 24.1 Å². The molecule has 1 amide bonds. The van der Waals surface area contributed by atoms with Gasteiger partial charge in [0.2, 0.25) is 11.8 Å². The summed E-state index contributed by atoms with van der Waals surface area (Å²) in [5, 5.41) is 12.7. The van der Waals surface area contributed by atoms with Gasteiger partial charge in [0.25, 0.3) is 0 Å². The number of rotatable bonds is 5. The average molecular weight is 296 g/mol. The molecule has 6 nitrogen and oxygen atoms in total. The van der Waals surface area contributed by atoms with E-state index in [1.807, 2.05) is 12.1 Å². The lowest BCUT2D eigenvalue weighted by Crippen LogP contribution is -2.27. The smallest absolute Gasteiger partial charge is 0.325 e. The number of hydrogen-bond acceptors (Lipinski definition) is 3. The first-order valence-corrected chi connectivity index (χ1v) is 6.43. The van der Waals surface area contributed by atoms with Gasteiger partial charge in [0, 0.05) is 11.6 Å². The molecule has 0 atom stereocenters. The molecular formula is C13H14ClN3O3. The van der Waals surface area contributed by atoms with E-state index in [2.05, 4.69) is 15.3 Å². The summed E-state index contributed by atoms with van der Waals surface area (Å²) in [6, 6.07) is 7.37. The van der Waals surface area contributed by atoms with Gasteiger partial charge in [0.05, 0.1) is 12.1 Å². The third kappa shape index (κ3) is 3.89. The van der Waals surface area contributed by atoms with Gasteiger partial charge in [-0.3, -0.25) is 9.78 Å². The Hall–Kier alpha value is -2.21. The SMILES string of the molecule is O=C(Cc1[nH]c(=O)[nH]c1O)NCCc1ccc(Cl)cc1. The number of amides is 1. The van der Waals surface area contributed by atoms with E-state index in [1.54, 1.807) is 12.1 Å². The number of hydrogen-bond donors (Lipinski definition) is 4. The highest BCUT2D eigenvalue weighted by atomic mass is 35.5. The second kappa shape index (κ2) is 6.29. The Morgan fingerprint density at radius 1 is 1.25 bits per heavy atom. The number of carbonyl (C=O) groups excluding carboxylic acids is 1. The molecule has 2 rings (SSSR count). The van der Waals surface area contributed by atoms with Gasteiger partial charge in [0.1, 0.15) is 0 Å². The Kier molecular flexibility index (Phi) is 4.47. The van der Waals surface area contributed by atoms with Crippen molar-refractivity contribution >= 4 is 17.5 Å². The molecule has 7 heteroatoms. The van der Waals surface area contributed by atoms with Gasteiger partial charge in [0.15, 0.2) is 0 Å². The molecule has 0 unspecified atom stereocenters. The van der Waals surface area contributed by atoms with E-state index in [9.17, 15) is 14.7 Å². The maximum atomic E-state index is 11.6. The minimum Gasteiger partial charge on any atom is -0.493 e. The predicted octanol–water partition coefficient (Wildman–Crippen LogP) is 0.963. The maximum absolute atomic E-state index is 11.6. The maximum Gasteiger partial charge on any atom is 0.325 e. The molecule has 106 valence electrons. The molecule has 0 aliphatic carbocycles. The van der Waals surface area contributed by atoms with Crippen LogP contribution in [0.1, 0.15) is 11.3 Å². The Labute approximate surface area is 119 Å². The minimum absolute atomic E-state index is 0.0782. The molecular weight excluding hydrogens is 282 g/mol. The summed E-state index contributed by atoms with van der Waals surface area (Å²) < 4.78 is 0. The molecule has 0 radical (unpaired) electrons. The molecule has 0 aliphatic heterocycles. The van der Waals surface area contributed by atoms with Gasteiger partial charge in [-0.1, -0.05) is 23.7 Å². The second-order valence-electron chi connectivity index (χ2n) is 4.31. The summed E-state index contributed by atoms with van der Waals surface area (Å²) in [5.41, 5.74) is 0.707. The summed E-state index contributed by atoms with van der Waals surface area (Å²) in [6.45, 7) is 0.468. The number of aromatic amines is 2. The summed E-state index contributed by atoms with van der Waals surface area (Å²) in [6.07, 6.45) is 0.601. The molecule has 0 aliphatic rings. The summed E-state index contributed by atoms with van der Waals surface area (Å²) >= 11 is 5.78. The Bertz CT molecular complexity index is 646. The van der Waals surface area contributed by atoms with Gasteiger partial charge in [-0.25, -0.2) is 4.79 Å². The molecule has 0 spiro atoms. The lowest BCUT2D eigenvalue weighted by molar-refractivity contribution is -0.120. The van der Waals surface area contributed by atoms with Crippen molar-refractivity contribution in [2.24, 2.45) is 0 Å². The first kappa shape index (κ1) is 14.2. The van der Waals surface area contributed by atoms with E-state index in [1.165, 1.54) is 0 Å². The zero-order valence-corrected chi connectivity index (χ0v) is 11.3. The number of nitrogens with one attached hydrogen (secondary N) is 3. The topological polar surface area (TPSA) is 98.0 Å². The van der Waals surface area contributed by atoms with Crippen LogP contribution in [0, 0.1) is 0 Å². The standard InChI is InChI=1S/C13H14ClN3O3/c14-9-3-1-8(2-4-9)5-6-15-11(18)7-10-12(19)17-13(20)16-10/h1-4,19H,5-7H2,(H,15,18)(H2,16,17,20). The molecule has 1 aromatic heterocycles. The van der Waals surface area contributed by atoms with Crippen molar-refractivity contribution in [3.8, 4) is 5.88 Å². The Morgan fingerprint density at radius 3 is 2.55 bits per heavy atom. The molecule has 0 saturated carbocycles. The van der Waals surface area contributed by atoms with E-state index >= 15 is 0 Å². The van der Waals surface area contributed by atoms with E-state index in [0.717, 1.165) is 5.56 Å². The molecule has 0 bridgehead atoms. The fraction of sp³-hybridized carbons (Fsp3) is 0.231. The molecule has 4 N–H and O–H groups in total. The highest BCUT2D eigenvalue weighted by Crippen LogP contribution is 2.10. The third-order valence-electron chi connectivity index (χ3n) is 2.77. The number of H-pyrrole nitrogens is 2. The van der Waals surface area contributed by atoms with Gasteiger partial charge < -0.3 is 15.4 Å². The normalized spacial score (nSPS) is 10.4. The Balaban J connectivity index is 1.79. The number of carbonyl (C=O) groups is 1. The largest absolute Gasteiger partial charge is 0.493 e. The van der Waals surface area contributed by atoms with Crippen LogP contribution in [-0.2, 0) is 17.6 Å². The van der Waals surface area contributed by atoms with Crippen LogP contribution >= 0.6 is 11.6 Å². The van der Waals surface area contributed by atoms with E-state index in [-0.39, 0.29) is 23.9 Å². The summed E-state index contributed by atoms with van der Waals surface area (Å²) in [4.78, 5) is 27.0. The number of aromatic nitrogens is 2. The van der Waals surface area contributed by atoms with E-state index < -0.39 is 5.69 Å². The van der Waals surface area contributed by atoms with Gasteiger partial charge in [-0.15, -0.1) is 0 Å². The van der Waals surface area contributed by atoms with Crippen molar-refractivity contribution in [2.75, 3.05) is 6.54 Å². The minimum atomic E-state index is -0.536. The van der Waals surface area contributed by atoms with Crippen molar-refractivity contribution in [2.45, 2.75) is 12.8 Å². The van der Waals surface area contributed by atoms with E-state index in [0.29, 0.717) is 18.0 Å². The highest BCUT2D eigenvalue weighted by molar-refractivity contribution is 6.30. The quantitative estimate of drug-likeness (QED) is 0.661. The summed E-state index contributed by atoms with van der Waals surface area (Å²) in [5.74, 6) is -0.577. The van der Waals surface area contributed by atoms with Crippen LogP contribution in [0.3, 0.4) is 0 Å². The fourth-order valence-electron chi connectivity index (χ4n) is 1.76. The average Bonchev–Trinajstić information content (AvgIpc) is 2.70. The first-order valence-electron chi connectivity index (χ1n) is 6.06. The molecule has 1 aromatic carbocycles. The fourth-order valence-corrected chi connectivity index (χ4v) is 1.88. The lowest BCUT2D eigenvalue weighted by atomic mass is 10.1. The van der Waals surface area contributed by atoms with Crippen LogP contribution in [0.25, 0.3) is 0 Å². The number of halogens is 1. The third-order valence-corrected chi connectivity index (χ3v) is 3.02. The van der Waals surface area contributed by atoms with E-state index in [4.69, 9.17) is 11.6 Å². The van der Waals surface area contributed by atoms with Crippen LogP contribution < -0.4 is 11.0 Å².